The van der Waals surface area contributed by atoms with Crippen LogP contribution in [0, 0.1) is 25.2 Å². The molecule has 1 N–H and O–H groups in total. The molecule has 0 fully saturated rings. The Bertz CT molecular complexity index is 984. The molecule has 0 aliphatic carbocycles. The maximum Gasteiger partial charge on any atom is 0.196 e. The summed E-state index contributed by atoms with van der Waals surface area (Å²) >= 11 is 1.39. The number of nitriles is 1. The van der Waals surface area contributed by atoms with Gasteiger partial charge in [-0.1, -0.05) is 12.1 Å². The molecule has 26 heavy (non-hydrogen) atoms. The van der Waals surface area contributed by atoms with Gasteiger partial charge in [0.2, 0.25) is 0 Å². The standard InChI is InChI=1S/C20H18N4OS/c1-13-4-5-14(2)17(10-13)23-24-18(11-21)20-22-19(12-26-20)15-6-8-16(25-3)9-7-15/h4-10,12,23H,1-3H3/b24-18+. The third kappa shape index (κ3) is 3.90. The van der Waals surface area contributed by atoms with Crippen LogP contribution >= 0.6 is 11.3 Å². The third-order valence-electron chi connectivity index (χ3n) is 3.88. The predicted molar refractivity (Wildman–Crippen MR) is 106 cm³/mol. The van der Waals surface area contributed by atoms with E-state index in [1.807, 2.05) is 61.7 Å². The number of hydrogen-bond acceptors (Lipinski definition) is 6. The van der Waals surface area contributed by atoms with Gasteiger partial charge >= 0.3 is 0 Å². The van der Waals surface area contributed by atoms with Crippen LogP contribution in [0.25, 0.3) is 11.3 Å². The number of hydrogen-bond donors (Lipinski definition) is 1. The first-order chi connectivity index (χ1) is 12.6. The smallest absolute Gasteiger partial charge is 0.196 e. The van der Waals surface area contributed by atoms with E-state index in [1.54, 1.807) is 7.11 Å². The van der Waals surface area contributed by atoms with E-state index < -0.39 is 0 Å². The van der Waals surface area contributed by atoms with Gasteiger partial charge < -0.3 is 4.74 Å². The molecule has 0 atom stereocenters. The second kappa shape index (κ2) is 7.81. The van der Waals surface area contributed by atoms with E-state index in [2.05, 4.69) is 21.6 Å². The highest BCUT2D eigenvalue weighted by Crippen LogP contribution is 2.24. The van der Waals surface area contributed by atoms with Gasteiger partial charge in [0, 0.05) is 10.9 Å². The monoisotopic (exact) mass is 362 g/mol. The summed E-state index contributed by atoms with van der Waals surface area (Å²) < 4.78 is 5.17. The van der Waals surface area contributed by atoms with E-state index in [1.165, 1.54) is 11.3 Å². The molecule has 1 aromatic heterocycles. The zero-order chi connectivity index (χ0) is 18.5. The fraction of sp³-hybridized carbons (Fsp3) is 0.150. The van der Waals surface area contributed by atoms with Crippen LogP contribution in [-0.4, -0.2) is 17.8 Å². The molecule has 0 unspecified atom stereocenters. The van der Waals surface area contributed by atoms with E-state index in [4.69, 9.17) is 4.74 Å². The van der Waals surface area contributed by atoms with Gasteiger partial charge in [0.1, 0.15) is 11.8 Å². The van der Waals surface area contributed by atoms with Crippen molar-refractivity contribution in [3.63, 3.8) is 0 Å². The Morgan fingerprint density at radius 3 is 2.65 bits per heavy atom. The molecule has 0 aliphatic rings. The van der Waals surface area contributed by atoms with E-state index in [0.717, 1.165) is 33.8 Å². The Balaban J connectivity index is 1.83. The van der Waals surface area contributed by atoms with Gasteiger partial charge in [0.05, 0.1) is 18.5 Å². The number of methoxy groups -OCH3 is 1. The lowest BCUT2D eigenvalue weighted by Crippen LogP contribution is -2.02. The van der Waals surface area contributed by atoms with Crippen LogP contribution in [0.5, 0.6) is 5.75 Å². The maximum absolute atomic E-state index is 9.46. The second-order valence-electron chi connectivity index (χ2n) is 5.77. The number of rotatable bonds is 5. The predicted octanol–water partition coefficient (Wildman–Crippen LogP) is 4.78. The summed E-state index contributed by atoms with van der Waals surface area (Å²) in [5.74, 6) is 0.793. The summed E-state index contributed by atoms with van der Waals surface area (Å²) in [6.07, 6.45) is 0. The van der Waals surface area contributed by atoms with Gasteiger partial charge in [-0.05, 0) is 55.3 Å². The molecule has 3 rings (SSSR count). The molecule has 0 radical (unpaired) electrons. The maximum atomic E-state index is 9.46. The lowest BCUT2D eigenvalue weighted by atomic mass is 10.1. The molecule has 1 heterocycles. The summed E-state index contributed by atoms with van der Waals surface area (Å²) in [5, 5.41) is 16.2. The fourth-order valence-electron chi connectivity index (χ4n) is 2.37. The molecule has 3 aromatic rings. The Morgan fingerprint density at radius 2 is 1.96 bits per heavy atom. The largest absolute Gasteiger partial charge is 0.497 e. The van der Waals surface area contributed by atoms with Crippen LogP contribution in [0.3, 0.4) is 0 Å². The molecule has 5 nitrogen and oxygen atoms in total. The second-order valence-corrected chi connectivity index (χ2v) is 6.63. The number of nitrogens with one attached hydrogen (secondary N) is 1. The number of aromatic nitrogens is 1. The van der Waals surface area contributed by atoms with Crippen molar-refractivity contribution < 1.29 is 4.74 Å². The Hall–Kier alpha value is -3.17. The Kier molecular flexibility index (Phi) is 5.30. The van der Waals surface area contributed by atoms with Crippen molar-refractivity contribution in [2.75, 3.05) is 12.5 Å². The Morgan fingerprint density at radius 1 is 1.19 bits per heavy atom. The van der Waals surface area contributed by atoms with E-state index in [-0.39, 0.29) is 5.71 Å². The van der Waals surface area contributed by atoms with Gasteiger partial charge in [-0.25, -0.2) is 4.98 Å². The topological polar surface area (TPSA) is 70.3 Å². The minimum absolute atomic E-state index is 0.260. The van der Waals surface area contributed by atoms with Crippen molar-refractivity contribution in [3.8, 4) is 23.1 Å². The SMILES string of the molecule is COc1ccc(-c2csc(/C(C#N)=N/Nc3cc(C)ccc3C)n2)cc1. The summed E-state index contributed by atoms with van der Waals surface area (Å²) in [6, 6.07) is 15.8. The summed E-state index contributed by atoms with van der Waals surface area (Å²) in [4.78, 5) is 4.54. The molecule has 0 bridgehead atoms. The quantitative estimate of drug-likeness (QED) is 0.524. The van der Waals surface area contributed by atoms with Crippen LogP contribution in [0.4, 0.5) is 5.69 Å². The molecule has 2 aromatic carbocycles. The molecule has 0 amide bonds. The van der Waals surface area contributed by atoms with Crippen molar-refractivity contribution in [3.05, 3.63) is 64.0 Å². The highest BCUT2D eigenvalue weighted by Gasteiger charge is 2.11. The first-order valence-electron chi connectivity index (χ1n) is 8.02. The van der Waals surface area contributed by atoms with E-state index >= 15 is 0 Å². The number of benzene rings is 2. The van der Waals surface area contributed by atoms with Gasteiger partial charge in [-0.3, -0.25) is 5.43 Å². The first-order valence-corrected chi connectivity index (χ1v) is 8.90. The molecule has 0 saturated heterocycles. The molecular formula is C20H18N4OS. The van der Waals surface area contributed by atoms with Gasteiger partial charge in [0.25, 0.3) is 0 Å². The van der Waals surface area contributed by atoms with Crippen molar-refractivity contribution in [1.82, 2.24) is 4.98 Å². The highest BCUT2D eigenvalue weighted by atomic mass is 32.1. The molecule has 0 spiro atoms. The van der Waals surface area contributed by atoms with E-state index in [9.17, 15) is 5.26 Å². The average molecular weight is 362 g/mol. The lowest BCUT2D eigenvalue weighted by Gasteiger charge is -2.06. The normalized spacial score (nSPS) is 11.1. The van der Waals surface area contributed by atoms with Crippen LogP contribution in [0.15, 0.2) is 52.9 Å². The summed E-state index contributed by atoms with van der Waals surface area (Å²) in [7, 11) is 1.63. The van der Waals surface area contributed by atoms with Gasteiger partial charge in [0.15, 0.2) is 10.7 Å². The zero-order valence-corrected chi connectivity index (χ0v) is 15.6. The number of hydrazone groups is 1. The minimum Gasteiger partial charge on any atom is -0.497 e. The lowest BCUT2D eigenvalue weighted by molar-refractivity contribution is 0.415. The van der Waals surface area contributed by atoms with Gasteiger partial charge in [-0.2, -0.15) is 10.4 Å². The summed E-state index contributed by atoms with van der Waals surface area (Å²) in [6.45, 7) is 4.01. The number of thiazole rings is 1. The highest BCUT2D eigenvalue weighted by molar-refractivity contribution is 7.12. The summed E-state index contributed by atoms with van der Waals surface area (Å²) in [5.41, 5.74) is 8.09. The van der Waals surface area contributed by atoms with Crippen molar-refractivity contribution in [2.24, 2.45) is 5.10 Å². The Labute approximate surface area is 156 Å². The molecule has 0 aliphatic heterocycles. The fourth-order valence-corrected chi connectivity index (χ4v) is 3.14. The molecular weight excluding hydrogens is 344 g/mol. The average Bonchev–Trinajstić information content (AvgIpc) is 3.15. The van der Waals surface area contributed by atoms with Crippen molar-refractivity contribution in [2.45, 2.75) is 13.8 Å². The molecule has 0 saturated carbocycles. The number of aryl methyl sites for hydroxylation is 2. The van der Waals surface area contributed by atoms with Gasteiger partial charge in [-0.15, -0.1) is 11.3 Å². The van der Waals surface area contributed by atoms with Crippen LogP contribution in [0.2, 0.25) is 0 Å². The minimum atomic E-state index is 0.260. The molecule has 130 valence electrons. The number of ether oxygens (including phenoxy) is 1. The van der Waals surface area contributed by atoms with Crippen LogP contribution in [-0.2, 0) is 0 Å². The number of nitrogens with zero attached hydrogens (tertiary/aromatic N) is 3. The van der Waals surface area contributed by atoms with Crippen molar-refractivity contribution >= 4 is 22.7 Å². The zero-order valence-electron chi connectivity index (χ0n) is 14.8. The van der Waals surface area contributed by atoms with Crippen LogP contribution in [0.1, 0.15) is 16.1 Å². The number of anilines is 1. The molecule has 6 heteroatoms. The third-order valence-corrected chi connectivity index (χ3v) is 4.73. The van der Waals surface area contributed by atoms with Crippen molar-refractivity contribution in [1.29, 1.82) is 5.26 Å². The van der Waals surface area contributed by atoms with Crippen LogP contribution < -0.4 is 10.2 Å². The van der Waals surface area contributed by atoms with E-state index in [0.29, 0.717) is 5.01 Å². The first kappa shape index (κ1) is 17.6.